The van der Waals surface area contributed by atoms with Gasteiger partial charge < -0.3 is 19.5 Å². The molecule has 1 N–H and O–H groups in total. The van der Waals surface area contributed by atoms with E-state index >= 15 is 0 Å². The molecule has 96 valence electrons. The van der Waals surface area contributed by atoms with Crippen molar-refractivity contribution in [2.24, 2.45) is 0 Å². The molecule has 0 aliphatic carbocycles. The zero-order valence-corrected chi connectivity index (χ0v) is 10.7. The molecule has 0 aliphatic rings. The van der Waals surface area contributed by atoms with E-state index < -0.39 is 0 Å². The van der Waals surface area contributed by atoms with Crippen molar-refractivity contribution in [3.63, 3.8) is 0 Å². The summed E-state index contributed by atoms with van der Waals surface area (Å²) in [4.78, 5) is 0. The fraction of sp³-hybridized carbons (Fsp3) is 0.538. The number of methoxy groups -OCH3 is 3. The summed E-state index contributed by atoms with van der Waals surface area (Å²) in [5, 5.41) is 3.32. The lowest BCUT2D eigenvalue weighted by atomic mass is 10.1. The number of hydrogen-bond donors (Lipinski definition) is 1. The van der Waals surface area contributed by atoms with Crippen LogP contribution >= 0.6 is 0 Å². The molecule has 0 aliphatic heterocycles. The second kappa shape index (κ2) is 8.06. The first-order valence-corrected chi connectivity index (χ1v) is 5.68. The fourth-order valence-corrected chi connectivity index (χ4v) is 1.58. The molecule has 1 rings (SSSR count). The first-order valence-electron chi connectivity index (χ1n) is 5.68. The van der Waals surface area contributed by atoms with Gasteiger partial charge in [-0.25, -0.2) is 0 Å². The molecule has 1 aromatic carbocycles. The Morgan fingerprint density at radius 1 is 1.12 bits per heavy atom. The summed E-state index contributed by atoms with van der Waals surface area (Å²) in [7, 11) is 4.97. The molecule has 0 saturated carbocycles. The van der Waals surface area contributed by atoms with Crippen LogP contribution in [0.5, 0.6) is 0 Å². The van der Waals surface area contributed by atoms with Gasteiger partial charge in [0.05, 0.1) is 13.2 Å². The van der Waals surface area contributed by atoms with Crippen LogP contribution in [-0.2, 0) is 20.6 Å². The van der Waals surface area contributed by atoms with Gasteiger partial charge in [-0.15, -0.1) is 0 Å². The molecule has 4 nitrogen and oxygen atoms in total. The highest BCUT2D eigenvalue weighted by atomic mass is 16.7. The maximum atomic E-state index is 5.13. The van der Waals surface area contributed by atoms with Gasteiger partial charge in [0.1, 0.15) is 0 Å². The Balaban J connectivity index is 2.56. The number of anilines is 1. The molecule has 17 heavy (non-hydrogen) atoms. The van der Waals surface area contributed by atoms with E-state index in [1.54, 1.807) is 21.3 Å². The molecule has 0 spiro atoms. The summed E-state index contributed by atoms with van der Waals surface area (Å²) in [5.41, 5.74) is 2.34. The molecule has 0 amide bonds. The minimum Gasteiger partial charge on any atom is -0.384 e. The van der Waals surface area contributed by atoms with Gasteiger partial charge in [0.2, 0.25) is 0 Å². The number of rotatable bonds is 8. The van der Waals surface area contributed by atoms with Gasteiger partial charge in [-0.3, -0.25) is 0 Å². The Labute approximate surface area is 103 Å². The van der Waals surface area contributed by atoms with Crippen molar-refractivity contribution in [1.82, 2.24) is 0 Å². The second-order valence-electron chi connectivity index (χ2n) is 3.68. The third-order valence-corrected chi connectivity index (χ3v) is 2.58. The van der Waals surface area contributed by atoms with Gasteiger partial charge in [-0.2, -0.15) is 0 Å². The Morgan fingerprint density at radius 3 is 2.47 bits per heavy atom. The molecule has 0 saturated heterocycles. The van der Waals surface area contributed by atoms with Crippen LogP contribution in [0.3, 0.4) is 0 Å². The van der Waals surface area contributed by atoms with Crippen LogP contribution in [0.2, 0.25) is 0 Å². The van der Waals surface area contributed by atoms with Crippen molar-refractivity contribution in [3.8, 4) is 0 Å². The van der Waals surface area contributed by atoms with Crippen molar-refractivity contribution in [2.75, 3.05) is 39.8 Å². The average molecular weight is 239 g/mol. The predicted molar refractivity (Wildman–Crippen MR) is 68.3 cm³/mol. The van der Waals surface area contributed by atoms with E-state index in [2.05, 4.69) is 11.4 Å². The molecule has 0 fully saturated rings. The monoisotopic (exact) mass is 239 g/mol. The smallest absolute Gasteiger partial charge is 0.173 e. The van der Waals surface area contributed by atoms with Crippen LogP contribution in [0.4, 0.5) is 5.69 Å². The summed E-state index contributed by atoms with van der Waals surface area (Å²) in [6.45, 7) is 1.34. The molecular weight excluding hydrogens is 218 g/mol. The third-order valence-electron chi connectivity index (χ3n) is 2.58. The topological polar surface area (TPSA) is 39.7 Å². The molecule has 0 heterocycles. The highest BCUT2D eigenvalue weighted by Gasteiger charge is 2.06. The fourth-order valence-electron chi connectivity index (χ4n) is 1.58. The molecular formula is C13H21NO3. The summed E-state index contributed by atoms with van der Waals surface area (Å²) < 4.78 is 15.4. The van der Waals surface area contributed by atoms with Crippen LogP contribution in [0, 0.1) is 0 Å². The molecule has 0 unspecified atom stereocenters. The Bertz CT molecular complexity index is 313. The van der Waals surface area contributed by atoms with Crippen molar-refractivity contribution in [2.45, 2.75) is 12.7 Å². The van der Waals surface area contributed by atoms with E-state index in [1.807, 2.05) is 18.2 Å². The lowest BCUT2D eigenvalue weighted by Crippen LogP contribution is -2.24. The molecule has 4 heteroatoms. The summed E-state index contributed by atoms with van der Waals surface area (Å²) in [6.07, 6.45) is 0.662. The highest BCUT2D eigenvalue weighted by Crippen LogP contribution is 2.15. The molecule has 1 aromatic rings. The van der Waals surface area contributed by atoms with E-state index in [-0.39, 0.29) is 6.29 Å². The van der Waals surface area contributed by atoms with Gasteiger partial charge in [-0.05, 0) is 18.1 Å². The van der Waals surface area contributed by atoms with Crippen molar-refractivity contribution in [1.29, 1.82) is 0 Å². The first-order chi connectivity index (χ1) is 8.31. The van der Waals surface area contributed by atoms with Gasteiger partial charge in [0.25, 0.3) is 0 Å². The van der Waals surface area contributed by atoms with E-state index in [0.29, 0.717) is 6.54 Å². The SMILES string of the molecule is COCCc1ccccc1NCC(OC)OC. The van der Waals surface area contributed by atoms with Crippen LogP contribution in [0.15, 0.2) is 24.3 Å². The first kappa shape index (κ1) is 14.0. The standard InChI is InChI=1S/C13H21NO3/c1-15-9-8-11-6-4-5-7-12(11)14-10-13(16-2)17-3/h4-7,13-14H,8-10H2,1-3H3. The second-order valence-corrected chi connectivity index (χ2v) is 3.68. The normalized spacial score (nSPS) is 10.8. The lowest BCUT2D eigenvalue weighted by molar-refractivity contribution is -0.0914. The number of hydrogen-bond acceptors (Lipinski definition) is 4. The largest absolute Gasteiger partial charge is 0.384 e. The van der Waals surface area contributed by atoms with Gasteiger partial charge in [-0.1, -0.05) is 18.2 Å². The van der Waals surface area contributed by atoms with Crippen LogP contribution in [0.25, 0.3) is 0 Å². The average Bonchev–Trinajstić information content (AvgIpc) is 2.38. The highest BCUT2D eigenvalue weighted by molar-refractivity contribution is 5.51. The van der Waals surface area contributed by atoms with E-state index in [0.717, 1.165) is 18.7 Å². The molecule has 0 atom stereocenters. The van der Waals surface area contributed by atoms with Crippen LogP contribution < -0.4 is 5.32 Å². The summed E-state index contributed by atoms with van der Waals surface area (Å²) in [5.74, 6) is 0. The zero-order valence-electron chi connectivity index (χ0n) is 10.7. The number of ether oxygens (including phenoxy) is 3. The van der Waals surface area contributed by atoms with Crippen LogP contribution in [-0.4, -0.2) is 40.8 Å². The van der Waals surface area contributed by atoms with E-state index in [9.17, 15) is 0 Å². The van der Waals surface area contributed by atoms with E-state index in [4.69, 9.17) is 14.2 Å². The van der Waals surface area contributed by atoms with Gasteiger partial charge in [0, 0.05) is 27.0 Å². The Morgan fingerprint density at radius 2 is 1.82 bits per heavy atom. The van der Waals surface area contributed by atoms with Crippen molar-refractivity contribution in [3.05, 3.63) is 29.8 Å². The molecule has 0 bridgehead atoms. The molecule has 0 radical (unpaired) electrons. The maximum absolute atomic E-state index is 5.13. The van der Waals surface area contributed by atoms with Crippen molar-refractivity contribution >= 4 is 5.69 Å². The summed E-state index contributed by atoms with van der Waals surface area (Å²) in [6, 6.07) is 8.18. The molecule has 0 aromatic heterocycles. The number of nitrogens with one attached hydrogen (secondary N) is 1. The van der Waals surface area contributed by atoms with Gasteiger partial charge >= 0.3 is 0 Å². The zero-order chi connectivity index (χ0) is 12.5. The third kappa shape index (κ3) is 4.73. The van der Waals surface area contributed by atoms with Crippen LogP contribution in [0.1, 0.15) is 5.56 Å². The van der Waals surface area contributed by atoms with Crippen molar-refractivity contribution < 1.29 is 14.2 Å². The minimum absolute atomic E-state index is 0.231. The lowest BCUT2D eigenvalue weighted by Gasteiger charge is -2.17. The Hall–Kier alpha value is -1.10. The quantitative estimate of drug-likeness (QED) is 0.703. The predicted octanol–water partition coefficient (Wildman–Crippen LogP) is 1.91. The Kier molecular flexibility index (Phi) is 6.62. The minimum atomic E-state index is -0.231. The van der Waals surface area contributed by atoms with E-state index in [1.165, 1.54) is 5.56 Å². The maximum Gasteiger partial charge on any atom is 0.173 e. The number of para-hydroxylation sites is 1. The summed E-state index contributed by atoms with van der Waals surface area (Å²) >= 11 is 0. The van der Waals surface area contributed by atoms with Gasteiger partial charge in [0.15, 0.2) is 6.29 Å². The number of benzene rings is 1.